The summed E-state index contributed by atoms with van der Waals surface area (Å²) in [6.45, 7) is 13.8. The molecule has 11 heteroatoms. The van der Waals surface area contributed by atoms with Crippen LogP contribution in [0.2, 0.25) is 5.02 Å². The van der Waals surface area contributed by atoms with E-state index in [1.807, 2.05) is 38.3 Å². The van der Waals surface area contributed by atoms with Crippen molar-refractivity contribution in [3.05, 3.63) is 87.8 Å². The van der Waals surface area contributed by atoms with E-state index < -0.39 is 11.9 Å². The molecular formula is C31H42ClF3N4O2S. The highest BCUT2D eigenvalue weighted by atomic mass is 35.5. The fourth-order valence-electron chi connectivity index (χ4n) is 3.95. The number of ether oxygens (including phenoxy) is 1. The van der Waals surface area contributed by atoms with Crippen LogP contribution in [-0.2, 0) is 9.53 Å². The summed E-state index contributed by atoms with van der Waals surface area (Å²) in [4.78, 5) is 22.7. The fourth-order valence-corrected chi connectivity index (χ4v) is 4.73. The van der Waals surface area contributed by atoms with E-state index in [4.69, 9.17) is 16.3 Å². The van der Waals surface area contributed by atoms with Crippen molar-refractivity contribution in [2.75, 3.05) is 32.8 Å². The summed E-state index contributed by atoms with van der Waals surface area (Å²) in [6.07, 6.45) is 8.09. The third-order valence-corrected chi connectivity index (χ3v) is 6.63. The Kier molecular flexibility index (Phi) is 17.7. The van der Waals surface area contributed by atoms with Crippen molar-refractivity contribution in [3.8, 4) is 0 Å². The Labute approximate surface area is 257 Å². The van der Waals surface area contributed by atoms with Gasteiger partial charge in [0.15, 0.2) is 10.8 Å². The average Bonchev–Trinajstić information content (AvgIpc) is 3.49. The van der Waals surface area contributed by atoms with E-state index >= 15 is 0 Å². The molecule has 6 nitrogen and oxygen atoms in total. The zero-order valence-corrected chi connectivity index (χ0v) is 26.6. The molecule has 1 aromatic heterocycles. The zero-order valence-electron chi connectivity index (χ0n) is 25.0. The van der Waals surface area contributed by atoms with Crippen molar-refractivity contribution in [2.45, 2.75) is 53.4 Å². The van der Waals surface area contributed by atoms with Gasteiger partial charge in [0.05, 0.1) is 25.3 Å². The largest absolute Gasteiger partial charge is 0.463 e. The predicted molar refractivity (Wildman–Crippen MR) is 168 cm³/mol. The van der Waals surface area contributed by atoms with Crippen LogP contribution in [0.4, 0.5) is 13.2 Å². The van der Waals surface area contributed by atoms with Crippen molar-refractivity contribution in [1.82, 2.24) is 15.2 Å². The van der Waals surface area contributed by atoms with Crippen molar-refractivity contribution < 1.29 is 22.7 Å². The summed E-state index contributed by atoms with van der Waals surface area (Å²) in [5.74, 6) is -3.21. The van der Waals surface area contributed by atoms with Crippen LogP contribution in [0.5, 0.6) is 0 Å². The first-order valence-electron chi connectivity index (χ1n) is 14.0. The summed E-state index contributed by atoms with van der Waals surface area (Å²) in [5.41, 5.74) is 0.925. The molecule has 1 atom stereocenters. The molecule has 4 rings (SSSR count). The maximum Gasteiger partial charge on any atom is 0.337 e. The van der Waals surface area contributed by atoms with Crippen molar-refractivity contribution in [1.29, 1.82) is 0 Å². The molecule has 1 N–H and O–H groups in total. The normalized spacial score (nSPS) is 17.7. The van der Waals surface area contributed by atoms with Gasteiger partial charge in [-0.1, -0.05) is 56.7 Å². The molecule has 1 fully saturated rings. The van der Waals surface area contributed by atoms with Gasteiger partial charge in [0, 0.05) is 41.8 Å². The van der Waals surface area contributed by atoms with Gasteiger partial charge < -0.3 is 10.1 Å². The minimum Gasteiger partial charge on any atom is -0.463 e. The predicted octanol–water partition coefficient (Wildman–Crippen LogP) is 7.93. The molecule has 0 spiro atoms. The molecule has 2 aliphatic rings. The first kappa shape index (κ1) is 37.1. The molecular weight excluding hydrogens is 585 g/mol. The number of likely N-dealkylation sites (tertiary alicyclic amines) is 1. The Morgan fingerprint density at radius 1 is 1.33 bits per heavy atom. The molecule has 0 amide bonds. The van der Waals surface area contributed by atoms with Crippen molar-refractivity contribution in [2.24, 2.45) is 10.9 Å². The fraction of sp³-hybridized carbons (Fsp3) is 0.452. The second-order valence-electron chi connectivity index (χ2n) is 8.96. The number of amidine groups is 1. The van der Waals surface area contributed by atoms with Gasteiger partial charge in [0.25, 0.3) is 5.92 Å². The van der Waals surface area contributed by atoms with E-state index in [1.165, 1.54) is 23.5 Å². The number of benzene rings is 1. The van der Waals surface area contributed by atoms with E-state index in [-0.39, 0.29) is 44.4 Å². The van der Waals surface area contributed by atoms with Gasteiger partial charge >= 0.3 is 5.97 Å². The smallest absolute Gasteiger partial charge is 0.337 e. The maximum atomic E-state index is 14.2. The van der Waals surface area contributed by atoms with Crippen LogP contribution >= 0.6 is 22.9 Å². The highest BCUT2D eigenvalue weighted by Gasteiger charge is 2.40. The standard InChI is InChI=1S/C19H24F2N4O2S.C6H4ClF.C4H8.C2H6/c1-3-5-13-8-19(20,21)12-25(10-13)11-15-14(18(26)27-4-2)9-23-16(24-15)17-22-6-7-28-17;7-5-2-1-3-6(8)4-5;1-3-4-2;1-2/h3,5-7,13H,4,8-12H2,1-2H3,(H,23,24);1-4H;3H,1,4H2,2H3;1-2H3/b5-3+;;;. The number of alkyl halides is 2. The summed E-state index contributed by atoms with van der Waals surface area (Å²) in [7, 11) is 0. The number of hydrogen-bond acceptors (Lipinski definition) is 7. The zero-order chi connectivity index (χ0) is 31.5. The Hall–Kier alpha value is -2.95. The minimum absolute atomic E-state index is 0.138. The highest BCUT2D eigenvalue weighted by molar-refractivity contribution is 7.11. The maximum absolute atomic E-state index is 14.2. The first-order valence-corrected chi connectivity index (χ1v) is 15.2. The lowest BCUT2D eigenvalue weighted by Crippen LogP contribution is -2.49. The van der Waals surface area contributed by atoms with E-state index in [2.05, 4.69) is 28.8 Å². The van der Waals surface area contributed by atoms with Crippen LogP contribution in [0.1, 0.15) is 52.5 Å². The molecule has 232 valence electrons. The molecule has 0 bridgehead atoms. The van der Waals surface area contributed by atoms with Crippen LogP contribution < -0.4 is 5.32 Å². The van der Waals surface area contributed by atoms with Crippen LogP contribution in [-0.4, -0.2) is 60.4 Å². The number of nitrogens with one attached hydrogen (secondary N) is 1. The third kappa shape index (κ3) is 13.4. The van der Waals surface area contributed by atoms with Gasteiger partial charge in [-0.15, -0.1) is 17.9 Å². The Bertz CT molecular complexity index is 1170. The van der Waals surface area contributed by atoms with Crippen molar-refractivity contribution >= 4 is 34.7 Å². The summed E-state index contributed by atoms with van der Waals surface area (Å²) in [5, 5.41) is 6.09. The lowest BCUT2D eigenvalue weighted by atomic mass is 9.94. The molecule has 2 aromatic rings. The number of piperidine rings is 1. The number of nitrogens with zero attached hydrogens (tertiary/aromatic N) is 3. The van der Waals surface area contributed by atoms with Gasteiger partial charge in [0.2, 0.25) is 0 Å². The Morgan fingerprint density at radius 3 is 2.57 bits per heavy atom. The van der Waals surface area contributed by atoms with Crippen LogP contribution in [0.15, 0.2) is 76.9 Å². The molecule has 0 saturated carbocycles. The van der Waals surface area contributed by atoms with Gasteiger partial charge in [-0.3, -0.25) is 9.89 Å². The van der Waals surface area contributed by atoms with Gasteiger partial charge in [0.1, 0.15) is 5.82 Å². The number of thiazole rings is 1. The molecule has 42 heavy (non-hydrogen) atoms. The summed E-state index contributed by atoms with van der Waals surface area (Å²) in [6, 6.07) is 5.82. The SMILES string of the molecule is C/C=C/C1CN(CC2=C(C(=O)OCC)CN=C(c3nccs3)N2)CC(F)(F)C1.C=CCC.CC.Fc1cccc(Cl)c1. The van der Waals surface area contributed by atoms with E-state index in [9.17, 15) is 18.0 Å². The van der Waals surface area contributed by atoms with Gasteiger partial charge in [-0.25, -0.2) is 22.9 Å². The molecule has 2 aliphatic heterocycles. The van der Waals surface area contributed by atoms with E-state index in [0.717, 1.165) is 6.42 Å². The average molecular weight is 627 g/mol. The lowest BCUT2D eigenvalue weighted by molar-refractivity contribution is -0.138. The van der Waals surface area contributed by atoms with E-state index in [1.54, 1.807) is 36.2 Å². The van der Waals surface area contributed by atoms with Crippen molar-refractivity contribution in [3.63, 3.8) is 0 Å². The minimum atomic E-state index is -2.77. The second kappa shape index (κ2) is 20.0. The lowest BCUT2D eigenvalue weighted by Gasteiger charge is -2.37. The van der Waals surface area contributed by atoms with Crippen LogP contribution in [0.3, 0.4) is 0 Å². The second-order valence-corrected chi connectivity index (χ2v) is 10.3. The summed E-state index contributed by atoms with van der Waals surface area (Å²) < 4.78 is 45.7. The van der Waals surface area contributed by atoms with Gasteiger partial charge in [-0.05, 0) is 44.4 Å². The molecule has 1 unspecified atom stereocenters. The number of carbonyl (C=O) groups is 1. The molecule has 0 aliphatic carbocycles. The Balaban J connectivity index is 0.000000521. The number of aromatic nitrogens is 1. The molecule has 3 heterocycles. The quantitative estimate of drug-likeness (QED) is 0.250. The Morgan fingerprint density at radius 2 is 2.05 bits per heavy atom. The van der Waals surface area contributed by atoms with Gasteiger partial charge in [-0.2, -0.15) is 0 Å². The van der Waals surface area contributed by atoms with Crippen LogP contribution in [0, 0.1) is 11.7 Å². The number of esters is 1. The first-order chi connectivity index (χ1) is 20.1. The topological polar surface area (TPSA) is 66.8 Å². The number of allylic oxidation sites excluding steroid dienone is 2. The number of rotatable bonds is 7. The summed E-state index contributed by atoms with van der Waals surface area (Å²) >= 11 is 6.82. The molecule has 0 radical (unpaired) electrons. The molecule has 1 saturated heterocycles. The number of carbonyl (C=O) groups excluding carboxylic acids is 1. The monoisotopic (exact) mass is 626 g/mol. The highest BCUT2D eigenvalue weighted by Crippen LogP contribution is 2.32. The number of aliphatic imine (C=N–C) groups is 1. The third-order valence-electron chi connectivity index (χ3n) is 5.62. The molecule has 1 aromatic carbocycles. The number of halogens is 4. The van der Waals surface area contributed by atoms with Crippen LogP contribution in [0.25, 0.3) is 0 Å². The number of hydrogen-bond donors (Lipinski definition) is 1. The van der Waals surface area contributed by atoms with E-state index in [0.29, 0.717) is 33.7 Å².